The van der Waals surface area contributed by atoms with Crippen LogP contribution in [0, 0.1) is 0 Å². The van der Waals surface area contributed by atoms with E-state index in [0.29, 0.717) is 12.8 Å². The second-order valence-corrected chi connectivity index (χ2v) is 14.4. The summed E-state index contributed by atoms with van der Waals surface area (Å²) in [5, 5.41) is 18.3. The maximum atomic E-state index is 12.5. The van der Waals surface area contributed by atoms with Gasteiger partial charge in [0.05, 0.1) is 19.8 Å². The Morgan fingerprint density at radius 1 is 0.577 bits per heavy atom. The van der Waals surface area contributed by atoms with Gasteiger partial charge in [0.15, 0.2) is 6.10 Å². The fraction of sp³-hybridized carbons (Fsp3) is 0.707. The molecule has 0 amide bonds. The van der Waals surface area contributed by atoms with Crippen LogP contribution in [-0.2, 0) is 32.7 Å². The molecule has 11 heteroatoms. The van der Waals surface area contributed by atoms with Crippen LogP contribution in [0.15, 0.2) is 60.8 Å². The highest BCUT2D eigenvalue weighted by atomic mass is 31.2. The lowest BCUT2D eigenvalue weighted by atomic mass is 10.1. The van der Waals surface area contributed by atoms with Gasteiger partial charge in [-0.25, -0.2) is 4.57 Å². The summed E-state index contributed by atoms with van der Waals surface area (Å²) in [6.07, 6.45) is 39.0. The number of phosphoric ester groups is 1. The third-order valence-electron chi connectivity index (χ3n) is 7.89. The number of allylic oxidation sites excluding steroid dienone is 10. The standard InChI is InChI=1S/C41H71O10P/c1-3-5-7-9-11-13-15-17-19-21-23-25-27-29-31-33-41(45)51-39(37-50-52(46,47)49-35-38(43)34-42)36-48-40(44)32-30-28-26-24-22-20-18-16-14-12-10-8-6-4-2/h10-13,16-19,23,25,38-39,42-43H,3-9,14-15,20-22,24,26-37H2,1-2H3,(H,46,47)/b12-10+,13-11+,18-16+,19-17+,25-23+/t38-,39+/m0/s1. The Morgan fingerprint density at radius 3 is 1.60 bits per heavy atom. The van der Waals surface area contributed by atoms with E-state index in [2.05, 4.69) is 79.1 Å². The fourth-order valence-corrected chi connectivity index (χ4v) is 5.57. The van der Waals surface area contributed by atoms with Crippen molar-refractivity contribution in [1.29, 1.82) is 0 Å². The molecule has 0 aromatic rings. The van der Waals surface area contributed by atoms with Gasteiger partial charge in [0.1, 0.15) is 12.7 Å². The van der Waals surface area contributed by atoms with Gasteiger partial charge in [-0.2, -0.15) is 0 Å². The Labute approximate surface area is 315 Å². The zero-order valence-corrected chi connectivity index (χ0v) is 33.1. The quantitative estimate of drug-likeness (QED) is 0.0244. The largest absolute Gasteiger partial charge is 0.472 e. The molecule has 0 aromatic heterocycles. The number of rotatable bonds is 36. The number of hydrogen-bond acceptors (Lipinski definition) is 9. The summed E-state index contributed by atoms with van der Waals surface area (Å²) in [6.45, 7) is 2.22. The highest BCUT2D eigenvalue weighted by molar-refractivity contribution is 7.47. The van der Waals surface area contributed by atoms with Crippen LogP contribution in [0.3, 0.4) is 0 Å². The minimum atomic E-state index is -4.63. The average molecular weight is 755 g/mol. The molecular weight excluding hydrogens is 683 g/mol. The van der Waals surface area contributed by atoms with E-state index in [0.717, 1.165) is 77.0 Å². The van der Waals surface area contributed by atoms with E-state index < -0.39 is 51.8 Å². The van der Waals surface area contributed by atoms with E-state index in [1.807, 2.05) is 0 Å². The minimum absolute atomic E-state index is 0.130. The van der Waals surface area contributed by atoms with Crippen molar-refractivity contribution in [3.63, 3.8) is 0 Å². The SMILES string of the molecule is CCCC/C=C/C/C=C/CCCCCCCC(=O)OC[C@H](COP(=O)(O)OC[C@@H](O)CO)OC(=O)CCCC/C=C/C/C=C/C/C=C/CCCCC. The van der Waals surface area contributed by atoms with Crippen molar-refractivity contribution in [3.05, 3.63) is 60.8 Å². The number of unbranched alkanes of at least 4 members (excludes halogenated alkanes) is 12. The lowest BCUT2D eigenvalue weighted by molar-refractivity contribution is -0.161. The molecule has 0 heterocycles. The van der Waals surface area contributed by atoms with E-state index in [1.54, 1.807) is 0 Å². The first-order valence-corrected chi connectivity index (χ1v) is 21.2. The third-order valence-corrected chi connectivity index (χ3v) is 8.85. The van der Waals surface area contributed by atoms with Gasteiger partial charge in [0, 0.05) is 12.8 Å². The van der Waals surface area contributed by atoms with Crippen LogP contribution >= 0.6 is 7.82 Å². The van der Waals surface area contributed by atoms with Gasteiger partial charge >= 0.3 is 19.8 Å². The molecule has 0 aliphatic rings. The van der Waals surface area contributed by atoms with Crippen LogP contribution in [-0.4, -0.2) is 65.7 Å². The Morgan fingerprint density at radius 2 is 1.02 bits per heavy atom. The molecule has 0 rings (SSSR count). The molecule has 52 heavy (non-hydrogen) atoms. The second kappa shape index (κ2) is 37.0. The molecular formula is C41H71O10P. The zero-order chi connectivity index (χ0) is 38.4. The van der Waals surface area contributed by atoms with E-state index in [9.17, 15) is 24.2 Å². The van der Waals surface area contributed by atoms with Crippen LogP contribution in [0.1, 0.15) is 149 Å². The Kier molecular flexibility index (Phi) is 35.3. The molecule has 3 N–H and O–H groups in total. The molecule has 0 bridgehead atoms. The lowest BCUT2D eigenvalue weighted by Crippen LogP contribution is -2.29. The number of phosphoric acid groups is 1. The highest BCUT2D eigenvalue weighted by Crippen LogP contribution is 2.43. The molecule has 0 aliphatic heterocycles. The molecule has 0 aromatic carbocycles. The maximum absolute atomic E-state index is 12.5. The average Bonchev–Trinajstić information content (AvgIpc) is 3.13. The molecule has 0 spiro atoms. The number of aliphatic hydroxyl groups excluding tert-OH is 2. The van der Waals surface area contributed by atoms with Crippen molar-refractivity contribution < 1.29 is 47.8 Å². The van der Waals surface area contributed by atoms with Crippen molar-refractivity contribution in [2.45, 2.75) is 161 Å². The fourth-order valence-electron chi connectivity index (χ4n) is 4.78. The van der Waals surface area contributed by atoms with E-state index >= 15 is 0 Å². The molecule has 0 radical (unpaired) electrons. The minimum Gasteiger partial charge on any atom is -0.462 e. The van der Waals surface area contributed by atoms with Crippen molar-refractivity contribution in [1.82, 2.24) is 0 Å². The Hall–Kier alpha value is -2.33. The number of carbonyl (C=O) groups is 2. The zero-order valence-electron chi connectivity index (χ0n) is 32.3. The molecule has 3 atom stereocenters. The predicted octanol–water partition coefficient (Wildman–Crippen LogP) is 9.94. The number of aliphatic hydroxyl groups is 2. The van der Waals surface area contributed by atoms with Crippen LogP contribution < -0.4 is 0 Å². The Bertz CT molecular complexity index is 1050. The summed E-state index contributed by atoms with van der Waals surface area (Å²) in [4.78, 5) is 34.8. The normalized spacial score (nSPS) is 14.6. The summed E-state index contributed by atoms with van der Waals surface area (Å²) in [5.74, 6) is -0.993. The van der Waals surface area contributed by atoms with Crippen molar-refractivity contribution >= 4 is 19.8 Å². The van der Waals surface area contributed by atoms with E-state index in [1.165, 1.54) is 32.1 Å². The molecule has 0 saturated heterocycles. The van der Waals surface area contributed by atoms with Gasteiger partial charge in [-0.05, 0) is 77.0 Å². The highest BCUT2D eigenvalue weighted by Gasteiger charge is 2.27. The van der Waals surface area contributed by atoms with Crippen LogP contribution in [0.2, 0.25) is 0 Å². The van der Waals surface area contributed by atoms with Crippen molar-refractivity contribution in [3.8, 4) is 0 Å². The third kappa shape index (κ3) is 36.0. The van der Waals surface area contributed by atoms with Gasteiger partial charge in [-0.3, -0.25) is 18.6 Å². The van der Waals surface area contributed by atoms with Crippen LogP contribution in [0.25, 0.3) is 0 Å². The summed E-state index contributed by atoms with van der Waals surface area (Å²) in [6, 6.07) is 0. The molecule has 0 saturated carbocycles. The first-order valence-electron chi connectivity index (χ1n) is 19.7. The first-order chi connectivity index (χ1) is 25.2. The van der Waals surface area contributed by atoms with Crippen molar-refractivity contribution in [2.75, 3.05) is 26.4 Å². The summed E-state index contributed by atoms with van der Waals surface area (Å²) in [7, 11) is -4.63. The molecule has 300 valence electrons. The van der Waals surface area contributed by atoms with Gasteiger partial charge in [-0.15, -0.1) is 0 Å². The molecule has 0 fully saturated rings. The number of esters is 2. The van der Waals surface area contributed by atoms with Gasteiger partial charge in [0.25, 0.3) is 0 Å². The number of hydrogen-bond donors (Lipinski definition) is 3. The van der Waals surface area contributed by atoms with E-state index in [4.69, 9.17) is 19.1 Å². The predicted molar refractivity (Wildman–Crippen MR) is 210 cm³/mol. The summed E-state index contributed by atoms with van der Waals surface area (Å²) < 4.78 is 32.6. The van der Waals surface area contributed by atoms with Gasteiger partial charge < -0.3 is 24.6 Å². The van der Waals surface area contributed by atoms with E-state index in [-0.39, 0.29) is 19.4 Å². The maximum Gasteiger partial charge on any atom is 0.472 e. The monoisotopic (exact) mass is 754 g/mol. The second-order valence-electron chi connectivity index (χ2n) is 12.9. The number of carbonyl (C=O) groups excluding carboxylic acids is 2. The lowest BCUT2D eigenvalue weighted by Gasteiger charge is -2.20. The summed E-state index contributed by atoms with van der Waals surface area (Å²) >= 11 is 0. The molecule has 0 aliphatic carbocycles. The van der Waals surface area contributed by atoms with Gasteiger partial charge in [-0.1, -0.05) is 120 Å². The first kappa shape index (κ1) is 49.7. The van der Waals surface area contributed by atoms with Crippen molar-refractivity contribution in [2.24, 2.45) is 0 Å². The Balaban J connectivity index is 4.46. The van der Waals surface area contributed by atoms with Gasteiger partial charge in [0.2, 0.25) is 0 Å². The van der Waals surface area contributed by atoms with Crippen LogP contribution in [0.5, 0.6) is 0 Å². The number of ether oxygens (including phenoxy) is 2. The molecule has 1 unspecified atom stereocenters. The van der Waals surface area contributed by atoms with Crippen LogP contribution in [0.4, 0.5) is 0 Å². The molecule has 10 nitrogen and oxygen atoms in total. The smallest absolute Gasteiger partial charge is 0.462 e. The summed E-state index contributed by atoms with van der Waals surface area (Å²) in [5.41, 5.74) is 0. The topological polar surface area (TPSA) is 149 Å².